The van der Waals surface area contributed by atoms with Gasteiger partial charge in [0, 0.05) is 5.56 Å². The molecule has 18 heavy (non-hydrogen) atoms. The first-order chi connectivity index (χ1) is 8.52. The Kier molecular flexibility index (Phi) is 3.01. The van der Waals surface area contributed by atoms with Gasteiger partial charge in [0.2, 0.25) is 5.88 Å². The van der Waals surface area contributed by atoms with Gasteiger partial charge in [0.15, 0.2) is 11.6 Å². The van der Waals surface area contributed by atoms with Crippen LogP contribution in [0.25, 0.3) is 11.4 Å². The van der Waals surface area contributed by atoms with E-state index >= 15 is 0 Å². The summed E-state index contributed by atoms with van der Waals surface area (Å²) >= 11 is 0. The molecule has 1 aromatic carbocycles. The molecule has 0 aliphatic rings. The lowest BCUT2D eigenvalue weighted by atomic mass is 10.2. The molecule has 0 amide bonds. The van der Waals surface area contributed by atoms with Gasteiger partial charge in [0.05, 0.1) is 12.7 Å². The molecule has 2 rings (SSSR count). The molecule has 1 aromatic heterocycles. The van der Waals surface area contributed by atoms with E-state index in [1.807, 2.05) is 0 Å². The number of nitrogens with one attached hydrogen (secondary N) is 1. The average Bonchev–Trinajstić information content (AvgIpc) is 2.35. The molecular weight excluding hydrogens is 239 g/mol. The smallest absolute Gasteiger partial charge is 0.257 e. The highest BCUT2D eigenvalue weighted by Gasteiger charge is 2.10. The van der Waals surface area contributed by atoms with E-state index in [1.54, 1.807) is 0 Å². The van der Waals surface area contributed by atoms with E-state index in [2.05, 4.69) is 9.97 Å². The average molecular weight is 250 g/mol. The molecular formula is C12H11FN2O3. The van der Waals surface area contributed by atoms with Crippen molar-refractivity contribution in [1.29, 1.82) is 0 Å². The van der Waals surface area contributed by atoms with Gasteiger partial charge in [-0.25, -0.2) is 4.39 Å². The maximum absolute atomic E-state index is 13.5. The van der Waals surface area contributed by atoms with Crippen LogP contribution in [0, 0.1) is 12.7 Å². The molecule has 94 valence electrons. The first kappa shape index (κ1) is 12.1. The zero-order valence-electron chi connectivity index (χ0n) is 9.82. The maximum Gasteiger partial charge on any atom is 0.257 e. The predicted octanol–water partition coefficient (Wildman–Crippen LogP) is 1.60. The van der Waals surface area contributed by atoms with Gasteiger partial charge in [-0.1, -0.05) is 0 Å². The molecule has 0 spiro atoms. The van der Waals surface area contributed by atoms with Crippen LogP contribution in [0.5, 0.6) is 11.6 Å². The van der Waals surface area contributed by atoms with Crippen molar-refractivity contribution in [3.63, 3.8) is 0 Å². The van der Waals surface area contributed by atoms with Crippen LogP contribution in [0.1, 0.15) is 5.56 Å². The number of hydrogen-bond acceptors (Lipinski definition) is 4. The van der Waals surface area contributed by atoms with Crippen LogP contribution < -0.4 is 10.3 Å². The Morgan fingerprint density at radius 3 is 2.72 bits per heavy atom. The lowest BCUT2D eigenvalue weighted by Gasteiger charge is -2.05. The summed E-state index contributed by atoms with van der Waals surface area (Å²) in [6.45, 7) is 1.44. The predicted molar refractivity (Wildman–Crippen MR) is 63.2 cm³/mol. The number of methoxy groups -OCH3 is 1. The molecule has 0 unspecified atom stereocenters. The van der Waals surface area contributed by atoms with Gasteiger partial charge in [-0.2, -0.15) is 4.98 Å². The second-order valence-corrected chi connectivity index (χ2v) is 3.71. The lowest BCUT2D eigenvalue weighted by Crippen LogP contribution is -2.12. The van der Waals surface area contributed by atoms with Crippen LogP contribution in [0.4, 0.5) is 4.39 Å². The second kappa shape index (κ2) is 4.48. The van der Waals surface area contributed by atoms with Crippen LogP contribution >= 0.6 is 0 Å². The van der Waals surface area contributed by atoms with Gasteiger partial charge in [-0.05, 0) is 25.1 Å². The molecule has 0 aliphatic carbocycles. The molecule has 1 heterocycles. The van der Waals surface area contributed by atoms with E-state index in [-0.39, 0.29) is 23.0 Å². The number of hydrogen-bond donors (Lipinski definition) is 2. The summed E-state index contributed by atoms with van der Waals surface area (Å²) in [6, 6.07) is 4.13. The summed E-state index contributed by atoms with van der Waals surface area (Å²) in [7, 11) is 1.36. The number of aromatic amines is 1. The zero-order valence-corrected chi connectivity index (χ0v) is 9.82. The number of aromatic hydroxyl groups is 1. The third-order valence-corrected chi connectivity index (χ3v) is 2.55. The van der Waals surface area contributed by atoms with Gasteiger partial charge >= 0.3 is 0 Å². The number of aromatic nitrogens is 2. The Morgan fingerprint density at radius 2 is 2.17 bits per heavy atom. The van der Waals surface area contributed by atoms with Crippen molar-refractivity contribution in [3.05, 3.63) is 39.9 Å². The van der Waals surface area contributed by atoms with Gasteiger partial charge < -0.3 is 14.8 Å². The van der Waals surface area contributed by atoms with Gasteiger partial charge in [-0.15, -0.1) is 0 Å². The minimum Gasteiger partial charge on any atom is -0.494 e. The standard InChI is InChI=1S/C12H11FN2O3/c1-6-11(16)14-10(15-12(6)17)7-3-4-9(18-2)8(13)5-7/h3-5H,1-2H3,(H2,14,15,16,17). The molecule has 0 atom stereocenters. The van der Waals surface area contributed by atoms with Crippen molar-refractivity contribution >= 4 is 0 Å². The highest BCUT2D eigenvalue weighted by Crippen LogP contribution is 2.23. The maximum atomic E-state index is 13.5. The summed E-state index contributed by atoms with van der Waals surface area (Å²) in [5, 5.41) is 9.46. The molecule has 0 aliphatic heterocycles. The number of nitrogens with zero attached hydrogens (tertiary/aromatic N) is 1. The van der Waals surface area contributed by atoms with Crippen LogP contribution in [0.3, 0.4) is 0 Å². The Morgan fingerprint density at radius 1 is 1.44 bits per heavy atom. The summed E-state index contributed by atoms with van der Waals surface area (Å²) in [5.74, 6) is -0.746. The van der Waals surface area contributed by atoms with Crippen LogP contribution in [0.15, 0.2) is 23.0 Å². The summed E-state index contributed by atoms with van der Waals surface area (Å²) in [6.07, 6.45) is 0. The van der Waals surface area contributed by atoms with Crippen molar-refractivity contribution in [2.45, 2.75) is 6.92 Å². The molecule has 2 N–H and O–H groups in total. The first-order valence-corrected chi connectivity index (χ1v) is 5.16. The minimum absolute atomic E-state index is 0.0948. The van der Waals surface area contributed by atoms with Crippen LogP contribution in [0.2, 0.25) is 0 Å². The normalized spacial score (nSPS) is 10.4. The van der Waals surface area contributed by atoms with Crippen molar-refractivity contribution in [3.8, 4) is 23.0 Å². The van der Waals surface area contributed by atoms with Crippen molar-refractivity contribution in [2.75, 3.05) is 7.11 Å². The summed E-state index contributed by atoms with van der Waals surface area (Å²) in [5.41, 5.74) is 0.00200. The monoisotopic (exact) mass is 250 g/mol. The van der Waals surface area contributed by atoms with Crippen molar-refractivity contribution in [2.24, 2.45) is 0 Å². The summed E-state index contributed by atoms with van der Waals surface area (Å²) < 4.78 is 18.3. The van der Waals surface area contributed by atoms with Gasteiger partial charge in [0.1, 0.15) is 5.82 Å². The fraction of sp³-hybridized carbons (Fsp3) is 0.167. The van der Waals surface area contributed by atoms with Crippen LogP contribution in [-0.2, 0) is 0 Å². The molecule has 0 fully saturated rings. The van der Waals surface area contributed by atoms with E-state index in [0.717, 1.165) is 0 Å². The zero-order chi connectivity index (χ0) is 13.3. The van der Waals surface area contributed by atoms with Crippen molar-refractivity contribution < 1.29 is 14.2 Å². The number of H-pyrrole nitrogens is 1. The van der Waals surface area contributed by atoms with Crippen molar-refractivity contribution in [1.82, 2.24) is 9.97 Å². The molecule has 0 bridgehead atoms. The Bertz CT molecular complexity index is 652. The molecule has 0 radical (unpaired) electrons. The van der Waals surface area contributed by atoms with E-state index in [4.69, 9.17) is 4.74 Å². The minimum atomic E-state index is -0.572. The highest BCUT2D eigenvalue weighted by atomic mass is 19.1. The van der Waals surface area contributed by atoms with Gasteiger partial charge in [0.25, 0.3) is 5.56 Å². The Hall–Kier alpha value is -2.37. The van der Waals surface area contributed by atoms with E-state index in [9.17, 15) is 14.3 Å². The van der Waals surface area contributed by atoms with Crippen LogP contribution in [-0.4, -0.2) is 22.2 Å². The molecule has 0 saturated carbocycles. The molecule has 6 heteroatoms. The highest BCUT2D eigenvalue weighted by molar-refractivity contribution is 5.57. The molecule has 2 aromatic rings. The number of halogens is 1. The molecule has 0 saturated heterocycles. The summed E-state index contributed by atoms with van der Waals surface area (Å²) in [4.78, 5) is 17.7. The second-order valence-electron chi connectivity index (χ2n) is 3.71. The van der Waals surface area contributed by atoms with E-state index in [1.165, 1.54) is 32.2 Å². The third kappa shape index (κ3) is 2.04. The largest absolute Gasteiger partial charge is 0.494 e. The van der Waals surface area contributed by atoms with E-state index < -0.39 is 11.4 Å². The Labute approximate surface area is 102 Å². The lowest BCUT2D eigenvalue weighted by molar-refractivity contribution is 0.386. The topological polar surface area (TPSA) is 75.2 Å². The fourth-order valence-electron chi connectivity index (χ4n) is 1.47. The quantitative estimate of drug-likeness (QED) is 0.848. The first-order valence-electron chi connectivity index (χ1n) is 5.16. The molecule has 5 nitrogen and oxygen atoms in total. The fourth-order valence-corrected chi connectivity index (χ4v) is 1.47. The SMILES string of the molecule is COc1ccc(-c2nc(O)c(C)c(=O)[nH]2)cc1F. The number of ether oxygens (including phenoxy) is 1. The third-order valence-electron chi connectivity index (χ3n) is 2.55. The number of rotatable bonds is 2. The van der Waals surface area contributed by atoms with Gasteiger partial charge in [-0.3, -0.25) is 4.79 Å². The van der Waals surface area contributed by atoms with E-state index in [0.29, 0.717) is 5.56 Å². The Balaban J connectivity index is 2.56. The number of benzene rings is 1.